The van der Waals surface area contributed by atoms with E-state index in [1.165, 1.54) is 7.11 Å². The van der Waals surface area contributed by atoms with E-state index in [1.54, 1.807) is 24.0 Å². The molecule has 0 aliphatic carbocycles. The van der Waals surface area contributed by atoms with Gasteiger partial charge in [0.15, 0.2) is 12.7 Å². The second-order valence-corrected chi connectivity index (χ2v) is 8.48. The van der Waals surface area contributed by atoms with Gasteiger partial charge in [0.2, 0.25) is 0 Å². The number of fused-ring (bicyclic) bond motifs is 1. The Balaban J connectivity index is 1.45. The fourth-order valence-electron chi connectivity index (χ4n) is 4.16. The summed E-state index contributed by atoms with van der Waals surface area (Å²) >= 11 is 0. The van der Waals surface area contributed by atoms with E-state index in [4.69, 9.17) is 19.0 Å². The highest BCUT2D eigenvalue weighted by Crippen LogP contribution is 2.33. The SMILES string of the molecule is CCOC(Cc1ccc(OCCN2C(=O)COc3ccc(C(=NOC)c4ccccc4)cc32)cc1)C(=O)O. The number of carboxylic acids is 1. The van der Waals surface area contributed by atoms with Gasteiger partial charge in [-0.05, 0) is 42.8 Å². The van der Waals surface area contributed by atoms with Gasteiger partial charge >= 0.3 is 5.97 Å². The Hall–Kier alpha value is -4.37. The molecule has 1 amide bonds. The maximum Gasteiger partial charge on any atom is 0.333 e. The minimum absolute atomic E-state index is 0.0523. The molecule has 0 fully saturated rings. The summed E-state index contributed by atoms with van der Waals surface area (Å²) in [5, 5.41) is 13.5. The van der Waals surface area contributed by atoms with Gasteiger partial charge in [-0.25, -0.2) is 4.79 Å². The number of carboxylic acid groups (broad SMARTS) is 1. The van der Waals surface area contributed by atoms with Crippen LogP contribution in [0.2, 0.25) is 0 Å². The highest BCUT2D eigenvalue weighted by molar-refractivity contribution is 6.13. The predicted molar refractivity (Wildman–Crippen MR) is 142 cm³/mol. The number of hydrogen-bond donors (Lipinski definition) is 1. The number of ether oxygens (including phenoxy) is 3. The van der Waals surface area contributed by atoms with Gasteiger partial charge in [0.25, 0.3) is 5.91 Å². The van der Waals surface area contributed by atoms with Crippen LogP contribution in [-0.2, 0) is 25.6 Å². The molecule has 1 N–H and O–H groups in total. The minimum Gasteiger partial charge on any atom is -0.492 e. The van der Waals surface area contributed by atoms with E-state index in [1.807, 2.05) is 60.7 Å². The third kappa shape index (κ3) is 6.49. The summed E-state index contributed by atoms with van der Waals surface area (Å²) in [5.41, 5.74) is 3.76. The van der Waals surface area contributed by atoms with E-state index < -0.39 is 12.1 Å². The minimum atomic E-state index is -0.991. The van der Waals surface area contributed by atoms with Gasteiger partial charge in [0, 0.05) is 24.2 Å². The molecule has 0 saturated carbocycles. The Kier molecular flexibility index (Phi) is 8.94. The fraction of sp³-hybridized carbons (Fsp3) is 0.276. The highest BCUT2D eigenvalue weighted by Gasteiger charge is 2.26. The van der Waals surface area contributed by atoms with Crippen LogP contribution in [0.3, 0.4) is 0 Å². The van der Waals surface area contributed by atoms with E-state index in [-0.39, 0.29) is 25.5 Å². The van der Waals surface area contributed by atoms with Crippen molar-refractivity contribution in [3.05, 3.63) is 89.5 Å². The van der Waals surface area contributed by atoms with Crippen LogP contribution in [0, 0.1) is 0 Å². The topological polar surface area (TPSA) is 107 Å². The molecule has 3 aromatic carbocycles. The molecule has 0 radical (unpaired) electrons. The van der Waals surface area contributed by atoms with Gasteiger partial charge < -0.3 is 29.1 Å². The molecular formula is C29H30N2O7. The Morgan fingerprint density at radius 3 is 2.53 bits per heavy atom. The van der Waals surface area contributed by atoms with Crippen molar-refractivity contribution in [2.75, 3.05) is 38.4 Å². The van der Waals surface area contributed by atoms with Gasteiger partial charge in [0.1, 0.15) is 30.9 Å². The van der Waals surface area contributed by atoms with Crippen LogP contribution >= 0.6 is 0 Å². The summed E-state index contributed by atoms with van der Waals surface area (Å²) < 4.78 is 16.8. The maximum absolute atomic E-state index is 12.8. The van der Waals surface area contributed by atoms with Crippen molar-refractivity contribution in [2.24, 2.45) is 5.16 Å². The largest absolute Gasteiger partial charge is 0.492 e. The predicted octanol–water partition coefficient (Wildman–Crippen LogP) is 3.92. The first-order chi connectivity index (χ1) is 18.5. The summed E-state index contributed by atoms with van der Waals surface area (Å²) in [4.78, 5) is 30.8. The van der Waals surface area contributed by atoms with Crippen molar-refractivity contribution in [1.29, 1.82) is 0 Å². The van der Waals surface area contributed by atoms with Crippen LogP contribution in [0.15, 0.2) is 78.0 Å². The standard InChI is InChI=1S/C29H30N2O7/c1-3-36-26(29(33)34)17-20-9-12-23(13-10-20)37-16-15-31-24-18-22(11-14-25(24)38-19-27(31)32)28(30-35-2)21-7-5-4-6-8-21/h4-14,18,26H,3,15-17,19H2,1-2H3,(H,33,34). The van der Waals surface area contributed by atoms with Crippen molar-refractivity contribution in [3.8, 4) is 11.5 Å². The van der Waals surface area contributed by atoms with Gasteiger partial charge in [-0.15, -0.1) is 0 Å². The maximum atomic E-state index is 12.8. The van der Waals surface area contributed by atoms with Crippen LogP contribution in [0.5, 0.6) is 11.5 Å². The van der Waals surface area contributed by atoms with Crippen LogP contribution in [0.1, 0.15) is 23.6 Å². The van der Waals surface area contributed by atoms with E-state index in [2.05, 4.69) is 5.16 Å². The Morgan fingerprint density at radius 1 is 1.08 bits per heavy atom. The van der Waals surface area contributed by atoms with E-state index >= 15 is 0 Å². The van der Waals surface area contributed by atoms with Crippen molar-refractivity contribution in [2.45, 2.75) is 19.4 Å². The first-order valence-electron chi connectivity index (χ1n) is 12.3. The molecule has 4 rings (SSSR count). The quantitative estimate of drug-likeness (QED) is 0.286. The van der Waals surface area contributed by atoms with Crippen LogP contribution in [0.4, 0.5) is 5.69 Å². The van der Waals surface area contributed by atoms with E-state index in [0.29, 0.717) is 36.0 Å². The Bertz CT molecular complexity index is 1280. The number of hydrogen-bond acceptors (Lipinski definition) is 7. The number of aliphatic carboxylic acids is 1. The zero-order chi connectivity index (χ0) is 26.9. The highest BCUT2D eigenvalue weighted by atomic mass is 16.6. The summed E-state index contributed by atoms with van der Waals surface area (Å²) in [7, 11) is 1.49. The van der Waals surface area contributed by atoms with E-state index in [0.717, 1.165) is 16.7 Å². The molecule has 1 aliphatic rings. The fourth-order valence-corrected chi connectivity index (χ4v) is 4.16. The van der Waals surface area contributed by atoms with Crippen LogP contribution in [-0.4, -0.2) is 62.3 Å². The molecule has 198 valence electrons. The average Bonchev–Trinajstić information content (AvgIpc) is 2.93. The first kappa shape index (κ1) is 26.7. The lowest BCUT2D eigenvalue weighted by Gasteiger charge is -2.30. The summed E-state index contributed by atoms with van der Waals surface area (Å²) in [6.45, 7) is 2.61. The zero-order valence-electron chi connectivity index (χ0n) is 21.3. The van der Waals surface area contributed by atoms with Crippen LogP contribution in [0.25, 0.3) is 0 Å². The van der Waals surface area contributed by atoms with Gasteiger partial charge in [-0.2, -0.15) is 0 Å². The molecule has 9 nitrogen and oxygen atoms in total. The smallest absolute Gasteiger partial charge is 0.333 e. The molecule has 0 spiro atoms. The number of amides is 1. The Morgan fingerprint density at radius 2 is 1.84 bits per heavy atom. The normalized spacial score (nSPS) is 13.9. The molecule has 1 aliphatic heterocycles. The number of oxime groups is 1. The number of nitrogens with zero attached hydrogens (tertiary/aromatic N) is 2. The third-order valence-electron chi connectivity index (χ3n) is 5.98. The Labute approximate surface area is 221 Å². The number of carbonyl (C=O) groups is 2. The zero-order valence-corrected chi connectivity index (χ0v) is 21.3. The lowest BCUT2D eigenvalue weighted by atomic mass is 10.0. The van der Waals surface area contributed by atoms with Crippen LogP contribution < -0.4 is 14.4 Å². The second-order valence-electron chi connectivity index (χ2n) is 8.48. The summed E-state index contributed by atoms with van der Waals surface area (Å²) in [6.07, 6.45) is -0.622. The number of carbonyl (C=O) groups excluding carboxylic acids is 1. The molecule has 38 heavy (non-hydrogen) atoms. The van der Waals surface area contributed by atoms with Gasteiger partial charge in [-0.1, -0.05) is 47.6 Å². The van der Waals surface area contributed by atoms with Crippen molar-refractivity contribution in [3.63, 3.8) is 0 Å². The lowest BCUT2D eigenvalue weighted by Crippen LogP contribution is -2.41. The number of anilines is 1. The number of benzene rings is 3. The molecule has 9 heteroatoms. The molecule has 0 saturated heterocycles. The second kappa shape index (κ2) is 12.7. The lowest BCUT2D eigenvalue weighted by molar-refractivity contribution is -0.149. The van der Waals surface area contributed by atoms with Crippen molar-refractivity contribution in [1.82, 2.24) is 0 Å². The van der Waals surface area contributed by atoms with Gasteiger partial charge in [-0.3, -0.25) is 4.79 Å². The van der Waals surface area contributed by atoms with Crippen molar-refractivity contribution >= 4 is 23.3 Å². The monoisotopic (exact) mass is 518 g/mol. The van der Waals surface area contributed by atoms with Gasteiger partial charge in [0.05, 0.1) is 12.2 Å². The summed E-state index contributed by atoms with van der Waals surface area (Å²) in [6, 6.07) is 22.4. The molecule has 1 atom stereocenters. The molecular weight excluding hydrogens is 488 g/mol. The summed E-state index contributed by atoms with van der Waals surface area (Å²) in [5.74, 6) is 0.0551. The number of rotatable bonds is 12. The average molecular weight is 519 g/mol. The molecule has 0 bridgehead atoms. The molecule has 1 unspecified atom stereocenters. The van der Waals surface area contributed by atoms with Crippen molar-refractivity contribution < 1.29 is 33.7 Å². The first-order valence-corrected chi connectivity index (χ1v) is 12.3. The third-order valence-corrected chi connectivity index (χ3v) is 5.98. The molecule has 3 aromatic rings. The molecule has 0 aromatic heterocycles. The van der Waals surface area contributed by atoms with E-state index in [9.17, 15) is 14.7 Å². The molecule has 1 heterocycles.